The molecule has 0 N–H and O–H groups in total. The summed E-state index contributed by atoms with van der Waals surface area (Å²) in [6, 6.07) is 5.51. The molecule has 0 fully saturated rings. The predicted molar refractivity (Wildman–Crippen MR) is 52.4 cm³/mol. The van der Waals surface area contributed by atoms with Gasteiger partial charge < -0.3 is 4.74 Å². The van der Waals surface area contributed by atoms with Crippen LogP contribution in [-0.2, 0) is 0 Å². The van der Waals surface area contributed by atoms with Crippen LogP contribution >= 0.6 is 23.4 Å². The molecule has 2 nitrogen and oxygen atoms in total. The first-order valence-electron chi connectivity index (χ1n) is 3.80. The van der Waals surface area contributed by atoms with Crippen LogP contribution < -0.4 is 4.74 Å². The summed E-state index contributed by atoms with van der Waals surface area (Å²) in [5.74, 6) is 1.71. The lowest BCUT2D eigenvalue weighted by molar-refractivity contribution is 0.330. The number of rotatable bonds is 0. The molecular formula is C9H6ClNOS. The van der Waals surface area contributed by atoms with Crippen molar-refractivity contribution in [2.45, 2.75) is 4.90 Å². The van der Waals surface area contributed by atoms with Crippen LogP contribution in [0.4, 0.5) is 0 Å². The first-order chi connectivity index (χ1) is 6.31. The Morgan fingerprint density at radius 3 is 3.15 bits per heavy atom. The van der Waals surface area contributed by atoms with Gasteiger partial charge in [-0.25, -0.2) is 0 Å². The molecule has 4 heteroatoms. The molecule has 1 aliphatic rings. The van der Waals surface area contributed by atoms with Gasteiger partial charge in [-0.3, -0.25) is 0 Å². The van der Waals surface area contributed by atoms with E-state index in [9.17, 15) is 0 Å². The lowest BCUT2D eigenvalue weighted by Gasteiger charge is -2.16. The fourth-order valence-electron chi connectivity index (χ4n) is 1.15. The van der Waals surface area contributed by atoms with E-state index in [1.165, 1.54) is 0 Å². The normalized spacial score (nSPS) is 14.2. The maximum absolute atomic E-state index is 8.72. The summed E-state index contributed by atoms with van der Waals surface area (Å²) in [6.45, 7) is 0.699. The Morgan fingerprint density at radius 1 is 1.54 bits per heavy atom. The zero-order valence-electron chi connectivity index (χ0n) is 6.71. The minimum absolute atomic E-state index is 0.475. The summed E-state index contributed by atoms with van der Waals surface area (Å²) in [5.41, 5.74) is 0.475. The van der Waals surface area contributed by atoms with E-state index >= 15 is 0 Å². The minimum atomic E-state index is 0.475. The lowest BCUT2D eigenvalue weighted by atomic mass is 10.2. The predicted octanol–water partition coefficient (Wildman–Crippen LogP) is 2.70. The van der Waals surface area contributed by atoms with Crippen molar-refractivity contribution in [1.82, 2.24) is 0 Å². The van der Waals surface area contributed by atoms with Crippen molar-refractivity contribution in [3.05, 3.63) is 22.7 Å². The Morgan fingerprint density at radius 2 is 2.38 bits per heavy atom. The molecule has 0 spiro atoms. The van der Waals surface area contributed by atoms with Gasteiger partial charge in [-0.1, -0.05) is 11.6 Å². The molecule has 13 heavy (non-hydrogen) atoms. The second kappa shape index (κ2) is 3.49. The molecule has 0 aromatic heterocycles. The van der Waals surface area contributed by atoms with Crippen molar-refractivity contribution in [3.8, 4) is 11.8 Å². The maximum Gasteiger partial charge on any atom is 0.134 e. The van der Waals surface area contributed by atoms with E-state index in [4.69, 9.17) is 21.6 Å². The molecule has 0 saturated carbocycles. The van der Waals surface area contributed by atoms with Crippen molar-refractivity contribution >= 4 is 23.4 Å². The van der Waals surface area contributed by atoms with Crippen LogP contribution in [0.15, 0.2) is 17.0 Å². The number of nitriles is 1. The summed E-state index contributed by atoms with van der Waals surface area (Å²) in [7, 11) is 0. The van der Waals surface area contributed by atoms with Gasteiger partial charge >= 0.3 is 0 Å². The van der Waals surface area contributed by atoms with Crippen molar-refractivity contribution in [2.75, 3.05) is 12.4 Å². The molecule has 0 bridgehead atoms. The molecule has 0 aliphatic carbocycles. The van der Waals surface area contributed by atoms with Crippen LogP contribution in [-0.4, -0.2) is 12.4 Å². The van der Waals surface area contributed by atoms with Gasteiger partial charge in [0.25, 0.3) is 0 Å². The average molecular weight is 212 g/mol. The molecule has 1 aromatic rings. The molecule has 0 amide bonds. The highest BCUT2D eigenvalue weighted by Crippen LogP contribution is 2.36. The quantitative estimate of drug-likeness (QED) is 0.662. The third-order valence-electron chi connectivity index (χ3n) is 1.75. The number of halogens is 1. The van der Waals surface area contributed by atoms with Gasteiger partial charge in [0.1, 0.15) is 11.8 Å². The molecule has 2 rings (SSSR count). The molecule has 1 aromatic carbocycles. The fraction of sp³-hybridized carbons (Fsp3) is 0.222. The number of nitrogens with zero attached hydrogens (tertiary/aromatic N) is 1. The van der Waals surface area contributed by atoms with Crippen molar-refractivity contribution in [3.63, 3.8) is 0 Å². The SMILES string of the molecule is N#Cc1cc2c(cc1Cl)SCCO2. The highest BCUT2D eigenvalue weighted by Gasteiger charge is 2.13. The van der Waals surface area contributed by atoms with E-state index in [1.807, 2.05) is 6.07 Å². The van der Waals surface area contributed by atoms with Gasteiger partial charge in [0.15, 0.2) is 0 Å². The van der Waals surface area contributed by atoms with E-state index < -0.39 is 0 Å². The first-order valence-corrected chi connectivity index (χ1v) is 5.17. The van der Waals surface area contributed by atoms with E-state index in [0.717, 1.165) is 16.4 Å². The van der Waals surface area contributed by atoms with E-state index in [2.05, 4.69) is 0 Å². The van der Waals surface area contributed by atoms with Crippen LogP contribution in [0.1, 0.15) is 5.56 Å². The van der Waals surface area contributed by atoms with Gasteiger partial charge in [-0.15, -0.1) is 11.8 Å². The second-order valence-corrected chi connectivity index (χ2v) is 4.13. The third kappa shape index (κ3) is 1.60. The second-order valence-electron chi connectivity index (χ2n) is 2.59. The molecule has 1 heterocycles. The summed E-state index contributed by atoms with van der Waals surface area (Å²) in [6.07, 6.45) is 0. The number of thioether (sulfide) groups is 1. The lowest BCUT2D eigenvalue weighted by Crippen LogP contribution is -2.06. The molecular weight excluding hydrogens is 206 g/mol. The Bertz CT molecular complexity index is 386. The number of fused-ring (bicyclic) bond motifs is 1. The molecule has 66 valence electrons. The molecule has 0 saturated heterocycles. The van der Waals surface area contributed by atoms with Gasteiger partial charge in [0.2, 0.25) is 0 Å². The average Bonchev–Trinajstić information content (AvgIpc) is 2.17. The summed E-state index contributed by atoms with van der Waals surface area (Å²) in [5, 5.41) is 9.22. The van der Waals surface area contributed by atoms with Crippen LogP contribution in [0.2, 0.25) is 5.02 Å². The van der Waals surface area contributed by atoms with Crippen molar-refractivity contribution in [2.24, 2.45) is 0 Å². The van der Waals surface area contributed by atoms with Crippen molar-refractivity contribution < 1.29 is 4.74 Å². The Balaban J connectivity index is 2.52. The van der Waals surface area contributed by atoms with Crippen LogP contribution in [0, 0.1) is 11.3 Å². The van der Waals surface area contributed by atoms with Crippen molar-refractivity contribution in [1.29, 1.82) is 5.26 Å². The maximum atomic E-state index is 8.72. The summed E-state index contributed by atoms with van der Waals surface area (Å²) < 4.78 is 5.39. The highest BCUT2D eigenvalue weighted by molar-refractivity contribution is 7.99. The number of hydrogen-bond donors (Lipinski definition) is 0. The Labute approximate surface area is 85.5 Å². The van der Waals surface area contributed by atoms with E-state index in [0.29, 0.717) is 17.2 Å². The largest absolute Gasteiger partial charge is 0.491 e. The molecule has 1 aliphatic heterocycles. The topological polar surface area (TPSA) is 33.0 Å². The van der Waals surface area contributed by atoms with Gasteiger partial charge in [-0.2, -0.15) is 5.26 Å². The highest BCUT2D eigenvalue weighted by atomic mass is 35.5. The summed E-state index contributed by atoms with van der Waals surface area (Å²) >= 11 is 7.57. The van der Waals surface area contributed by atoms with Gasteiger partial charge in [0, 0.05) is 11.8 Å². The number of benzene rings is 1. The fourth-order valence-corrected chi connectivity index (χ4v) is 2.27. The van der Waals surface area contributed by atoms with Crippen LogP contribution in [0.3, 0.4) is 0 Å². The smallest absolute Gasteiger partial charge is 0.134 e. The van der Waals surface area contributed by atoms with Crippen LogP contribution in [0.5, 0.6) is 5.75 Å². The monoisotopic (exact) mass is 211 g/mol. The molecule has 0 atom stereocenters. The zero-order chi connectivity index (χ0) is 9.26. The Kier molecular flexibility index (Phi) is 2.34. The molecule has 0 radical (unpaired) electrons. The van der Waals surface area contributed by atoms with Gasteiger partial charge in [0.05, 0.1) is 22.1 Å². The third-order valence-corrected chi connectivity index (χ3v) is 3.07. The minimum Gasteiger partial charge on any atom is -0.491 e. The van der Waals surface area contributed by atoms with Gasteiger partial charge in [-0.05, 0) is 6.07 Å². The first kappa shape index (κ1) is 8.74. The van der Waals surface area contributed by atoms with E-state index in [-0.39, 0.29) is 0 Å². The summed E-state index contributed by atoms with van der Waals surface area (Å²) in [4.78, 5) is 1.02. The number of hydrogen-bond acceptors (Lipinski definition) is 3. The zero-order valence-corrected chi connectivity index (χ0v) is 8.28. The molecule has 0 unspecified atom stereocenters. The van der Waals surface area contributed by atoms with Crippen LogP contribution in [0.25, 0.3) is 0 Å². The van der Waals surface area contributed by atoms with E-state index in [1.54, 1.807) is 23.9 Å². The number of ether oxygens (including phenoxy) is 1. The standard InChI is InChI=1S/C9H6ClNOS/c10-7-4-9-8(3-6(7)5-11)12-1-2-13-9/h3-4H,1-2H2. The Hall–Kier alpha value is -0.850.